The lowest BCUT2D eigenvalue weighted by Crippen LogP contribution is -2.51. The zero-order valence-corrected chi connectivity index (χ0v) is 7.95. The lowest BCUT2D eigenvalue weighted by atomic mass is 10.0. The van der Waals surface area contributed by atoms with Gasteiger partial charge >= 0.3 is 5.97 Å². The Hall–Kier alpha value is -0.610. The van der Waals surface area contributed by atoms with Gasteiger partial charge in [0.05, 0.1) is 7.11 Å². The highest BCUT2D eigenvalue weighted by molar-refractivity contribution is 5.81. The molecule has 2 N–H and O–H groups in total. The number of rotatable bonds is 2. The van der Waals surface area contributed by atoms with Crippen LogP contribution in [0.5, 0.6) is 0 Å². The monoisotopic (exact) mass is 184 g/mol. The molecule has 1 saturated heterocycles. The molecule has 0 spiro atoms. The minimum absolute atomic E-state index is 0.268. The minimum Gasteiger partial charge on any atom is -0.468 e. The standard InChI is InChI=1S/C9H16N2O2/c1-13-8(12)9(10)4-5-11(6-9)7-2-3-7/h7H,2-6,10H2,1H3. The van der Waals surface area contributed by atoms with E-state index in [0.717, 1.165) is 13.0 Å². The van der Waals surface area contributed by atoms with E-state index in [9.17, 15) is 4.79 Å². The first-order valence-electron chi connectivity index (χ1n) is 4.77. The molecule has 1 saturated carbocycles. The normalized spacial score (nSPS) is 34.9. The third-order valence-corrected chi connectivity index (χ3v) is 2.99. The van der Waals surface area contributed by atoms with Gasteiger partial charge in [-0.1, -0.05) is 0 Å². The SMILES string of the molecule is COC(=O)C1(N)CCN(C2CC2)C1. The lowest BCUT2D eigenvalue weighted by Gasteiger charge is -2.21. The molecule has 13 heavy (non-hydrogen) atoms. The van der Waals surface area contributed by atoms with Crippen molar-refractivity contribution in [3.05, 3.63) is 0 Å². The number of hydrogen-bond acceptors (Lipinski definition) is 4. The topological polar surface area (TPSA) is 55.6 Å². The Morgan fingerprint density at radius 2 is 2.31 bits per heavy atom. The second-order valence-corrected chi connectivity index (χ2v) is 4.10. The van der Waals surface area contributed by atoms with E-state index in [4.69, 9.17) is 10.5 Å². The average molecular weight is 184 g/mol. The van der Waals surface area contributed by atoms with Crippen LogP contribution in [0.2, 0.25) is 0 Å². The number of methoxy groups -OCH3 is 1. The van der Waals surface area contributed by atoms with Gasteiger partial charge in [0.2, 0.25) is 0 Å². The summed E-state index contributed by atoms with van der Waals surface area (Å²) >= 11 is 0. The molecule has 1 aliphatic heterocycles. The molecule has 1 heterocycles. The third kappa shape index (κ3) is 1.56. The Bertz CT molecular complexity index is 228. The van der Waals surface area contributed by atoms with E-state index in [1.54, 1.807) is 0 Å². The fourth-order valence-electron chi connectivity index (χ4n) is 1.98. The number of carbonyl (C=O) groups is 1. The van der Waals surface area contributed by atoms with Crippen LogP contribution in [0.3, 0.4) is 0 Å². The number of nitrogens with zero attached hydrogens (tertiary/aromatic N) is 1. The lowest BCUT2D eigenvalue weighted by molar-refractivity contribution is -0.146. The van der Waals surface area contributed by atoms with Crippen molar-refractivity contribution in [3.63, 3.8) is 0 Å². The van der Waals surface area contributed by atoms with E-state index in [0.29, 0.717) is 12.6 Å². The number of carbonyl (C=O) groups excluding carboxylic acids is 1. The van der Waals surface area contributed by atoms with Gasteiger partial charge in [-0.2, -0.15) is 0 Å². The van der Waals surface area contributed by atoms with Crippen molar-refractivity contribution >= 4 is 5.97 Å². The summed E-state index contributed by atoms with van der Waals surface area (Å²) in [6.45, 7) is 1.61. The molecule has 0 aromatic carbocycles. The summed E-state index contributed by atoms with van der Waals surface area (Å²) in [6, 6.07) is 0.690. The first-order valence-corrected chi connectivity index (χ1v) is 4.77. The molecule has 4 nitrogen and oxygen atoms in total. The number of nitrogens with two attached hydrogens (primary N) is 1. The van der Waals surface area contributed by atoms with Gasteiger partial charge < -0.3 is 10.5 Å². The molecule has 2 aliphatic rings. The van der Waals surface area contributed by atoms with E-state index in [-0.39, 0.29) is 5.97 Å². The largest absolute Gasteiger partial charge is 0.468 e. The van der Waals surface area contributed by atoms with E-state index >= 15 is 0 Å². The van der Waals surface area contributed by atoms with E-state index in [1.165, 1.54) is 20.0 Å². The van der Waals surface area contributed by atoms with Crippen LogP contribution in [0.1, 0.15) is 19.3 Å². The van der Waals surface area contributed by atoms with Gasteiger partial charge in [0, 0.05) is 19.1 Å². The van der Waals surface area contributed by atoms with Gasteiger partial charge in [-0.05, 0) is 19.3 Å². The first-order chi connectivity index (χ1) is 6.15. The molecule has 1 atom stereocenters. The first kappa shape index (κ1) is 8.97. The van der Waals surface area contributed by atoms with Crippen molar-refractivity contribution in [1.82, 2.24) is 4.90 Å². The Morgan fingerprint density at radius 3 is 2.85 bits per heavy atom. The molecule has 0 aromatic heterocycles. The zero-order valence-electron chi connectivity index (χ0n) is 7.95. The molecular weight excluding hydrogens is 168 g/mol. The van der Waals surface area contributed by atoms with Crippen LogP contribution in [-0.2, 0) is 9.53 Å². The quantitative estimate of drug-likeness (QED) is 0.600. The third-order valence-electron chi connectivity index (χ3n) is 2.99. The Balaban J connectivity index is 1.98. The molecule has 74 valence electrons. The molecule has 1 aliphatic carbocycles. The minimum atomic E-state index is -0.739. The second-order valence-electron chi connectivity index (χ2n) is 4.10. The number of likely N-dealkylation sites (tertiary alicyclic amines) is 1. The van der Waals surface area contributed by atoms with Crippen molar-refractivity contribution in [2.24, 2.45) is 5.73 Å². The molecule has 0 radical (unpaired) electrons. The van der Waals surface area contributed by atoms with Crippen LogP contribution in [0.15, 0.2) is 0 Å². The van der Waals surface area contributed by atoms with Gasteiger partial charge in [-0.15, -0.1) is 0 Å². The van der Waals surface area contributed by atoms with Crippen LogP contribution in [0.4, 0.5) is 0 Å². The summed E-state index contributed by atoms with van der Waals surface area (Å²) in [5.41, 5.74) is 5.21. The molecule has 2 fully saturated rings. The maximum Gasteiger partial charge on any atom is 0.327 e. The Morgan fingerprint density at radius 1 is 1.62 bits per heavy atom. The van der Waals surface area contributed by atoms with E-state index < -0.39 is 5.54 Å². The van der Waals surface area contributed by atoms with Gasteiger partial charge in [0.15, 0.2) is 0 Å². The van der Waals surface area contributed by atoms with Crippen LogP contribution in [0, 0.1) is 0 Å². The van der Waals surface area contributed by atoms with Gasteiger partial charge in [-0.3, -0.25) is 9.69 Å². The predicted molar refractivity (Wildman–Crippen MR) is 48.1 cm³/mol. The highest BCUT2D eigenvalue weighted by atomic mass is 16.5. The highest BCUT2D eigenvalue weighted by Crippen LogP contribution is 2.32. The molecular formula is C9H16N2O2. The van der Waals surface area contributed by atoms with E-state index in [2.05, 4.69) is 4.90 Å². The van der Waals surface area contributed by atoms with E-state index in [1.807, 2.05) is 0 Å². The molecule has 2 rings (SSSR count). The van der Waals surface area contributed by atoms with Crippen LogP contribution >= 0.6 is 0 Å². The smallest absolute Gasteiger partial charge is 0.327 e. The van der Waals surface area contributed by atoms with Crippen molar-refractivity contribution in [3.8, 4) is 0 Å². The molecule has 0 aromatic rings. The molecule has 0 bridgehead atoms. The maximum absolute atomic E-state index is 11.4. The number of hydrogen-bond donors (Lipinski definition) is 1. The molecule has 1 unspecified atom stereocenters. The van der Waals surface area contributed by atoms with Crippen molar-refractivity contribution < 1.29 is 9.53 Å². The fraction of sp³-hybridized carbons (Fsp3) is 0.889. The summed E-state index contributed by atoms with van der Waals surface area (Å²) in [5.74, 6) is -0.268. The molecule has 4 heteroatoms. The Kier molecular flexibility index (Phi) is 2.04. The predicted octanol–water partition coefficient (Wildman–Crippen LogP) is -0.275. The van der Waals surface area contributed by atoms with Crippen molar-refractivity contribution in [1.29, 1.82) is 0 Å². The summed E-state index contributed by atoms with van der Waals surface area (Å²) in [6.07, 6.45) is 3.25. The van der Waals surface area contributed by atoms with Crippen LogP contribution in [-0.4, -0.2) is 42.6 Å². The average Bonchev–Trinajstić information content (AvgIpc) is 2.90. The molecule has 0 amide bonds. The second kappa shape index (κ2) is 2.96. The summed E-state index contributed by atoms with van der Waals surface area (Å²) in [7, 11) is 1.40. The van der Waals surface area contributed by atoms with Crippen LogP contribution in [0.25, 0.3) is 0 Å². The van der Waals surface area contributed by atoms with Gasteiger partial charge in [0.1, 0.15) is 5.54 Å². The highest BCUT2D eigenvalue weighted by Gasteiger charge is 2.46. The van der Waals surface area contributed by atoms with Crippen LogP contribution < -0.4 is 5.73 Å². The van der Waals surface area contributed by atoms with Gasteiger partial charge in [-0.25, -0.2) is 0 Å². The Labute approximate surface area is 78.0 Å². The summed E-state index contributed by atoms with van der Waals surface area (Å²) in [5, 5.41) is 0. The summed E-state index contributed by atoms with van der Waals surface area (Å²) in [4.78, 5) is 13.7. The zero-order chi connectivity index (χ0) is 9.47. The fourth-order valence-corrected chi connectivity index (χ4v) is 1.98. The number of ether oxygens (including phenoxy) is 1. The van der Waals surface area contributed by atoms with Crippen molar-refractivity contribution in [2.75, 3.05) is 20.2 Å². The van der Waals surface area contributed by atoms with Crippen molar-refractivity contribution in [2.45, 2.75) is 30.8 Å². The maximum atomic E-state index is 11.4. The number of esters is 1. The summed E-state index contributed by atoms with van der Waals surface area (Å²) < 4.78 is 4.70. The van der Waals surface area contributed by atoms with Gasteiger partial charge in [0.25, 0.3) is 0 Å².